The van der Waals surface area contributed by atoms with E-state index in [1.165, 1.54) is 0 Å². The van der Waals surface area contributed by atoms with Gasteiger partial charge in [0.2, 0.25) is 5.95 Å². The molecule has 0 saturated heterocycles. The lowest BCUT2D eigenvalue weighted by atomic mass is 10.2. The summed E-state index contributed by atoms with van der Waals surface area (Å²) in [5.41, 5.74) is 1.34. The summed E-state index contributed by atoms with van der Waals surface area (Å²) < 4.78 is 5.10. The van der Waals surface area contributed by atoms with Crippen LogP contribution < -0.4 is 15.4 Å². The molecular weight excluding hydrogens is 280 g/mol. The molecule has 2 aromatic rings. The standard InChI is InChI=1S/C16H20N4O2/c1-3-9-17-16-18-10-8-14(20-16)15(21)19-11-12-4-6-13(22-2)7-5-12/h4-8,10H,3,9,11H2,1-2H3,(H,19,21)(H,17,18,20). The van der Waals surface area contributed by atoms with Gasteiger partial charge in [0.1, 0.15) is 11.4 Å². The average Bonchev–Trinajstić information content (AvgIpc) is 2.58. The number of hydrogen-bond acceptors (Lipinski definition) is 5. The van der Waals surface area contributed by atoms with Crippen LogP contribution in [0.2, 0.25) is 0 Å². The third-order valence-electron chi connectivity index (χ3n) is 3.03. The molecule has 1 aromatic carbocycles. The van der Waals surface area contributed by atoms with Gasteiger partial charge in [-0.05, 0) is 30.2 Å². The summed E-state index contributed by atoms with van der Waals surface area (Å²) in [6.45, 7) is 3.26. The second kappa shape index (κ2) is 7.97. The maximum absolute atomic E-state index is 12.1. The zero-order valence-electron chi connectivity index (χ0n) is 12.8. The van der Waals surface area contributed by atoms with E-state index in [2.05, 4.69) is 27.5 Å². The molecule has 0 fully saturated rings. The number of carbonyl (C=O) groups excluding carboxylic acids is 1. The van der Waals surface area contributed by atoms with Crippen molar-refractivity contribution in [1.82, 2.24) is 15.3 Å². The van der Waals surface area contributed by atoms with E-state index in [0.29, 0.717) is 18.2 Å². The van der Waals surface area contributed by atoms with E-state index in [9.17, 15) is 4.79 Å². The Labute approximate surface area is 129 Å². The number of rotatable bonds is 7. The van der Waals surface area contributed by atoms with Crippen molar-refractivity contribution in [3.05, 3.63) is 47.8 Å². The van der Waals surface area contributed by atoms with Gasteiger partial charge in [0.25, 0.3) is 5.91 Å². The number of amides is 1. The number of carbonyl (C=O) groups is 1. The van der Waals surface area contributed by atoms with Gasteiger partial charge < -0.3 is 15.4 Å². The molecular formula is C16H20N4O2. The van der Waals surface area contributed by atoms with Crippen LogP contribution in [0.25, 0.3) is 0 Å². The van der Waals surface area contributed by atoms with Crippen molar-refractivity contribution < 1.29 is 9.53 Å². The van der Waals surface area contributed by atoms with E-state index in [1.54, 1.807) is 19.4 Å². The van der Waals surface area contributed by atoms with E-state index in [4.69, 9.17) is 4.74 Å². The Morgan fingerprint density at radius 1 is 1.23 bits per heavy atom. The van der Waals surface area contributed by atoms with E-state index in [1.807, 2.05) is 24.3 Å². The lowest BCUT2D eigenvalue weighted by molar-refractivity contribution is 0.0946. The SMILES string of the molecule is CCCNc1nccc(C(=O)NCc2ccc(OC)cc2)n1. The molecule has 6 heteroatoms. The Morgan fingerprint density at radius 2 is 2.00 bits per heavy atom. The molecule has 1 amide bonds. The highest BCUT2D eigenvalue weighted by molar-refractivity contribution is 5.92. The van der Waals surface area contributed by atoms with Gasteiger partial charge >= 0.3 is 0 Å². The summed E-state index contributed by atoms with van der Waals surface area (Å²) in [5.74, 6) is 1.04. The predicted molar refractivity (Wildman–Crippen MR) is 85.0 cm³/mol. The number of nitrogens with zero attached hydrogens (tertiary/aromatic N) is 2. The zero-order valence-corrected chi connectivity index (χ0v) is 12.8. The van der Waals surface area contributed by atoms with Gasteiger partial charge in [-0.3, -0.25) is 4.79 Å². The van der Waals surface area contributed by atoms with Gasteiger partial charge in [-0.15, -0.1) is 0 Å². The highest BCUT2D eigenvalue weighted by Crippen LogP contribution is 2.11. The molecule has 0 unspecified atom stereocenters. The molecule has 116 valence electrons. The summed E-state index contributed by atoms with van der Waals surface area (Å²) >= 11 is 0. The van der Waals surface area contributed by atoms with Crippen molar-refractivity contribution >= 4 is 11.9 Å². The van der Waals surface area contributed by atoms with Gasteiger partial charge in [-0.1, -0.05) is 19.1 Å². The quantitative estimate of drug-likeness (QED) is 0.820. The highest BCUT2D eigenvalue weighted by atomic mass is 16.5. The molecule has 2 rings (SSSR count). The molecule has 0 bridgehead atoms. The topological polar surface area (TPSA) is 76.1 Å². The first-order chi connectivity index (χ1) is 10.7. The van der Waals surface area contributed by atoms with Crippen LogP contribution in [-0.2, 0) is 6.54 Å². The van der Waals surface area contributed by atoms with Crippen molar-refractivity contribution in [1.29, 1.82) is 0 Å². The maximum Gasteiger partial charge on any atom is 0.270 e. The molecule has 0 atom stereocenters. The third kappa shape index (κ3) is 4.44. The van der Waals surface area contributed by atoms with Crippen LogP contribution in [0.5, 0.6) is 5.75 Å². The van der Waals surface area contributed by atoms with Gasteiger partial charge in [0.05, 0.1) is 7.11 Å². The average molecular weight is 300 g/mol. The molecule has 22 heavy (non-hydrogen) atoms. The van der Waals surface area contributed by atoms with Crippen molar-refractivity contribution in [2.75, 3.05) is 19.0 Å². The van der Waals surface area contributed by atoms with Gasteiger partial charge in [0.15, 0.2) is 0 Å². The Balaban J connectivity index is 1.93. The number of anilines is 1. The van der Waals surface area contributed by atoms with Crippen molar-refractivity contribution in [3.63, 3.8) is 0 Å². The second-order valence-electron chi connectivity index (χ2n) is 4.72. The minimum Gasteiger partial charge on any atom is -0.497 e. The summed E-state index contributed by atoms with van der Waals surface area (Å²) in [6.07, 6.45) is 2.55. The van der Waals surface area contributed by atoms with E-state index >= 15 is 0 Å². The van der Waals surface area contributed by atoms with Crippen LogP contribution in [0, 0.1) is 0 Å². The fourth-order valence-corrected chi connectivity index (χ4v) is 1.82. The Morgan fingerprint density at radius 3 is 2.68 bits per heavy atom. The maximum atomic E-state index is 12.1. The zero-order chi connectivity index (χ0) is 15.8. The summed E-state index contributed by atoms with van der Waals surface area (Å²) in [4.78, 5) is 20.4. The van der Waals surface area contributed by atoms with Crippen LogP contribution in [0.4, 0.5) is 5.95 Å². The second-order valence-corrected chi connectivity index (χ2v) is 4.72. The third-order valence-corrected chi connectivity index (χ3v) is 3.03. The molecule has 2 N–H and O–H groups in total. The van der Waals surface area contributed by atoms with E-state index < -0.39 is 0 Å². The van der Waals surface area contributed by atoms with Crippen molar-refractivity contribution in [3.8, 4) is 5.75 Å². The summed E-state index contributed by atoms with van der Waals surface area (Å²) in [5, 5.41) is 5.90. The molecule has 1 aromatic heterocycles. The van der Waals surface area contributed by atoms with Crippen molar-refractivity contribution in [2.24, 2.45) is 0 Å². The predicted octanol–water partition coefficient (Wildman–Crippen LogP) is 2.24. The minimum absolute atomic E-state index is 0.224. The number of nitrogens with one attached hydrogen (secondary N) is 2. The number of aromatic nitrogens is 2. The number of methoxy groups -OCH3 is 1. The van der Waals surface area contributed by atoms with Crippen molar-refractivity contribution in [2.45, 2.75) is 19.9 Å². The first-order valence-electron chi connectivity index (χ1n) is 7.21. The molecule has 0 aliphatic rings. The van der Waals surface area contributed by atoms with Crippen LogP contribution >= 0.6 is 0 Å². The van der Waals surface area contributed by atoms with E-state index in [0.717, 1.165) is 24.3 Å². The summed E-state index contributed by atoms with van der Waals surface area (Å²) in [7, 11) is 1.62. The van der Waals surface area contributed by atoms with Crippen LogP contribution in [0.15, 0.2) is 36.5 Å². The summed E-state index contributed by atoms with van der Waals surface area (Å²) in [6, 6.07) is 9.14. The molecule has 1 heterocycles. The number of benzene rings is 1. The monoisotopic (exact) mass is 300 g/mol. The van der Waals surface area contributed by atoms with E-state index in [-0.39, 0.29) is 5.91 Å². The van der Waals surface area contributed by atoms with Crippen LogP contribution in [0.1, 0.15) is 29.4 Å². The lowest BCUT2D eigenvalue weighted by Gasteiger charge is -2.07. The van der Waals surface area contributed by atoms with Gasteiger partial charge in [-0.25, -0.2) is 9.97 Å². The molecule has 6 nitrogen and oxygen atoms in total. The Kier molecular flexibility index (Phi) is 5.71. The van der Waals surface area contributed by atoms with Gasteiger partial charge in [-0.2, -0.15) is 0 Å². The fraction of sp³-hybridized carbons (Fsp3) is 0.312. The normalized spacial score (nSPS) is 10.1. The Bertz CT molecular complexity index is 614. The highest BCUT2D eigenvalue weighted by Gasteiger charge is 2.08. The first kappa shape index (κ1) is 15.8. The number of ether oxygens (including phenoxy) is 1. The molecule has 0 aliphatic heterocycles. The minimum atomic E-state index is -0.224. The lowest BCUT2D eigenvalue weighted by Crippen LogP contribution is -2.24. The van der Waals surface area contributed by atoms with Gasteiger partial charge in [0, 0.05) is 19.3 Å². The molecule has 0 saturated carbocycles. The molecule has 0 spiro atoms. The van der Waals surface area contributed by atoms with Crippen LogP contribution in [-0.4, -0.2) is 29.5 Å². The van der Waals surface area contributed by atoms with Crippen LogP contribution in [0.3, 0.4) is 0 Å². The molecule has 0 radical (unpaired) electrons. The largest absolute Gasteiger partial charge is 0.497 e. The number of hydrogen-bond donors (Lipinski definition) is 2. The smallest absolute Gasteiger partial charge is 0.270 e. The Hall–Kier alpha value is -2.63. The molecule has 0 aliphatic carbocycles. The first-order valence-corrected chi connectivity index (χ1v) is 7.21. The fourth-order valence-electron chi connectivity index (χ4n) is 1.82.